The van der Waals surface area contributed by atoms with Crippen LogP contribution in [0.2, 0.25) is 0 Å². The van der Waals surface area contributed by atoms with Crippen molar-refractivity contribution in [3.05, 3.63) is 120 Å². The van der Waals surface area contributed by atoms with Gasteiger partial charge in [0, 0.05) is 22.2 Å². The third kappa shape index (κ3) is 6.18. The predicted octanol–water partition coefficient (Wildman–Crippen LogP) is 5.34. The highest BCUT2D eigenvalue weighted by molar-refractivity contribution is 7.90. The number of ether oxygens (including phenoxy) is 1. The minimum Gasteiger partial charge on any atom is -0.496 e. The van der Waals surface area contributed by atoms with Crippen LogP contribution < -0.4 is 14.8 Å². The first-order valence-corrected chi connectivity index (χ1v) is 14.9. The number of benzene rings is 4. The summed E-state index contributed by atoms with van der Waals surface area (Å²) in [6, 6.07) is 27.7. The van der Waals surface area contributed by atoms with Gasteiger partial charge in [-0.1, -0.05) is 61.5 Å². The first kappa shape index (κ1) is 28.6. The number of carbonyl (C=O) groups excluding carboxylic acids is 2. The molecule has 0 saturated heterocycles. The van der Waals surface area contributed by atoms with Crippen molar-refractivity contribution < 1.29 is 22.7 Å². The van der Waals surface area contributed by atoms with Crippen molar-refractivity contribution >= 4 is 38.4 Å². The van der Waals surface area contributed by atoms with Crippen molar-refractivity contribution in [3.8, 4) is 5.75 Å². The Morgan fingerprint density at radius 2 is 1.64 bits per heavy atom. The van der Waals surface area contributed by atoms with Crippen LogP contribution >= 0.6 is 0 Å². The molecule has 214 valence electrons. The Kier molecular flexibility index (Phi) is 8.35. The van der Waals surface area contributed by atoms with E-state index >= 15 is 0 Å². The van der Waals surface area contributed by atoms with Gasteiger partial charge in [0.25, 0.3) is 15.9 Å². The number of carbonyl (C=O) groups is 2. The molecule has 1 atom stereocenters. The van der Waals surface area contributed by atoms with Crippen LogP contribution in [-0.2, 0) is 21.4 Å². The summed E-state index contributed by atoms with van der Waals surface area (Å²) in [4.78, 5) is 25.9. The second-order valence-electron chi connectivity index (χ2n) is 9.71. The van der Waals surface area contributed by atoms with E-state index in [-0.39, 0.29) is 22.3 Å². The lowest BCUT2D eigenvalue weighted by atomic mass is 9.95. The predicted molar refractivity (Wildman–Crippen MR) is 161 cm³/mol. The van der Waals surface area contributed by atoms with Crippen molar-refractivity contribution in [2.24, 2.45) is 0 Å². The summed E-state index contributed by atoms with van der Waals surface area (Å²) in [5, 5.41) is 8.45. The molecule has 42 heavy (non-hydrogen) atoms. The lowest BCUT2D eigenvalue weighted by Crippen LogP contribution is -2.30. The zero-order valence-electron chi connectivity index (χ0n) is 23.2. The molecule has 0 aliphatic rings. The number of rotatable bonds is 10. The van der Waals surface area contributed by atoms with Crippen LogP contribution in [0.3, 0.4) is 0 Å². The van der Waals surface area contributed by atoms with Gasteiger partial charge >= 0.3 is 0 Å². The molecule has 4 aromatic carbocycles. The summed E-state index contributed by atoms with van der Waals surface area (Å²) in [6.45, 7) is 2.30. The van der Waals surface area contributed by atoms with E-state index < -0.39 is 15.9 Å². The highest BCUT2D eigenvalue weighted by Gasteiger charge is 2.21. The Balaban J connectivity index is 1.34. The van der Waals surface area contributed by atoms with Gasteiger partial charge in [-0.2, -0.15) is 5.10 Å². The monoisotopic (exact) mass is 582 g/mol. The van der Waals surface area contributed by atoms with Crippen LogP contribution in [-0.4, -0.2) is 37.1 Å². The third-order valence-electron chi connectivity index (χ3n) is 6.99. The molecule has 0 fully saturated rings. The molecule has 2 amide bonds. The number of fused-ring (bicyclic) bond motifs is 1. The lowest BCUT2D eigenvalue weighted by molar-refractivity contribution is -0.117. The van der Waals surface area contributed by atoms with Gasteiger partial charge in [0.05, 0.1) is 36.2 Å². The molecule has 0 radical (unpaired) electrons. The van der Waals surface area contributed by atoms with E-state index in [1.165, 1.54) is 25.3 Å². The topological polar surface area (TPSA) is 119 Å². The van der Waals surface area contributed by atoms with E-state index in [0.29, 0.717) is 24.4 Å². The van der Waals surface area contributed by atoms with Gasteiger partial charge in [0.1, 0.15) is 5.75 Å². The van der Waals surface area contributed by atoms with Gasteiger partial charge in [-0.05, 0) is 54.4 Å². The quantitative estimate of drug-likeness (QED) is 0.229. The number of amides is 2. The highest BCUT2D eigenvalue weighted by Crippen LogP contribution is 2.26. The Morgan fingerprint density at radius 3 is 2.33 bits per heavy atom. The maximum absolute atomic E-state index is 13.1. The molecule has 1 unspecified atom stereocenters. The molecular weight excluding hydrogens is 552 g/mol. The van der Waals surface area contributed by atoms with E-state index in [1.807, 2.05) is 55.5 Å². The number of hydrogen-bond acceptors (Lipinski definition) is 6. The minimum atomic E-state index is -4.02. The molecule has 2 N–H and O–H groups in total. The van der Waals surface area contributed by atoms with Crippen LogP contribution in [0.4, 0.5) is 5.69 Å². The summed E-state index contributed by atoms with van der Waals surface area (Å²) in [5.74, 6) is -0.718. The lowest BCUT2D eigenvalue weighted by Gasteiger charge is -2.16. The fourth-order valence-electron chi connectivity index (χ4n) is 4.78. The maximum Gasteiger partial charge on any atom is 0.265 e. The number of anilines is 1. The van der Waals surface area contributed by atoms with Crippen molar-refractivity contribution in [3.63, 3.8) is 0 Å². The molecule has 0 saturated carbocycles. The zero-order chi connectivity index (χ0) is 29.7. The number of hydrogen-bond donors (Lipinski definition) is 2. The van der Waals surface area contributed by atoms with Gasteiger partial charge in [-0.25, -0.2) is 13.1 Å². The highest BCUT2D eigenvalue weighted by atomic mass is 32.2. The Morgan fingerprint density at radius 1 is 0.929 bits per heavy atom. The average Bonchev–Trinajstić information content (AvgIpc) is 3.40. The second-order valence-corrected chi connectivity index (χ2v) is 11.4. The first-order valence-electron chi connectivity index (χ1n) is 13.4. The summed E-state index contributed by atoms with van der Waals surface area (Å²) in [7, 11) is -2.54. The molecular formula is C32H30N4O5S. The summed E-state index contributed by atoms with van der Waals surface area (Å²) in [6.07, 6.45) is 2.41. The molecule has 10 heteroatoms. The average molecular weight is 583 g/mol. The Labute approximate surface area is 244 Å². The molecule has 1 heterocycles. The SMILES string of the molecule is CCC(C(=O)Nc1ccc2cnn(Cc3ccc(C(=O)NS(=O)(=O)c4ccccc4)cc3OC)c2c1)c1ccccc1. The largest absolute Gasteiger partial charge is 0.496 e. The Bertz CT molecular complexity index is 1840. The van der Waals surface area contributed by atoms with E-state index in [1.54, 1.807) is 41.2 Å². The Hall–Kier alpha value is -4.96. The van der Waals surface area contributed by atoms with Crippen LogP contribution in [0, 0.1) is 0 Å². The van der Waals surface area contributed by atoms with Gasteiger partial charge < -0.3 is 10.1 Å². The van der Waals surface area contributed by atoms with Gasteiger partial charge in [-0.3, -0.25) is 14.3 Å². The molecule has 0 aliphatic carbocycles. The van der Waals surface area contributed by atoms with Crippen LogP contribution in [0.25, 0.3) is 10.9 Å². The minimum absolute atomic E-state index is 0.00617. The number of nitrogens with one attached hydrogen (secondary N) is 2. The van der Waals surface area contributed by atoms with Crippen LogP contribution in [0.1, 0.15) is 40.7 Å². The standard InChI is InChI=1S/C32H30N4O5S/c1-3-28(22-10-6-4-7-11-22)32(38)34-26-17-16-24-20-33-36(29(24)19-26)21-25-15-14-23(18-30(25)41-2)31(37)35-42(39,40)27-12-8-5-9-13-27/h4-20,28H,3,21H2,1-2H3,(H,34,38)(H,35,37). The van der Waals surface area contributed by atoms with E-state index in [9.17, 15) is 18.0 Å². The zero-order valence-corrected chi connectivity index (χ0v) is 24.0. The number of nitrogens with zero attached hydrogens (tertiary/aromatic N) is 2. The molecule has 0 aliphatic heterocycles. The molecule has 5 rings (SSSR count). The first-order chi connectivity index (χ1) is 20.3. The molecule has 0 bridgehead atoms. The van der Waals surface area contributed by atoms with Crippen LogP contribution in [0.5, 0.6) is 5.75 Å². The summed E-state index contributed by atoms with van der Waals surface area (Å²) in [5.41, 5.74) is 3.29. The number of sulfonamides is 1. The molecule has 9 nitrogen and oxygen atoms in total. The normalized spacial score (nSPS) is 12.0. The van der Waals surface area contributed by atoms with Gasteiger partial charge in [0.15, 0.2) is 0 Å². The van der Waals surface area contributed by atoms with E-state index in [2.05, 4.69) is 15.1 Å². The fourth-order valence-corrected chi connectivity index (χ4v) is 5.77. The second kappa shape index (κ2) is 12.3. The van der Waals surface area contributed by atoms with E-state index in [0.717, 1.165) is 22.0 Å². The fraction of sp³-hybridized carbons (Fsp3) is 0.156. The van der Waals surface area contributed by atoms with Gasteiger partial charge in [-0.15, -0.1) is 0 Å². The van der Waals surface area contributed by atoms with Crippen molar-refractivity contribution in [2.45, 2.75) is 30.7 Å². The summed E-state index contributed by atoms with van der Waals surface area (Å²) >= 11 is 0. The van der Waals surface area contributed by atoms with Crippen molar-refractivity contribution in [2.75, 3.05) is 12.4 Å². The van der Waals surface area contributed by atoms with Crippen LogP contribution in [0.15, 0.2) is 108 Å². The summed E-state index contributed by atoms with van der Waals surface area (Å²) < 4.78 is 34.6. The molecule has 5 aromatic rings. The van der Waals surface area contributed by atoms with Crippen molar-refractivity contribution in [1.29, 1.82) is 0 Å². The molecule has 1 aromatic heterocycles. The maximum atomic E-state index is 13.1. The number of aromatic nitrogens is 2. The third-order valence-corrected chi connectivity index (χ3v) is 8.34. The smallest absolute Gasteiger partial charge is 0.265 e. The van der Waals surface area contributed by atoms with Gasteiger partial charge in [0.2, 0.25) is 5.91 Å². The number of methoxy groups -OCH3 is 1. The van der Waals surface area contributed by atoms with Crippen molar-refractivity contribution in [1.82, 2.24) is 14.5 Å². The molecule has 0 spiro atoms. The van der Waals surface area contributed by atoms with E-state index in [4.69, 9.17) is 4.74 Å².